The zero-order valence-corrected chi connectivity index (χ0v) is 26.2. The number of benzene rings is 2. The van der Waals surface area contributed by atoms with E-state index in [4.69, 9.17) is 24.3 Å². The van der Waals surface area contributed by atoms with Gasteiger partial charge in [0.05, 0.1) is 18.8 Å². The van der Waals surface area contributed by atoms with Crippen molar-refractivity contribution in [2.45, 2.75) is 90.6 Å². The molecule has 1 aromatic heterocycles. The van der Waals surface area contributed by atoms with Crippen molar-refractivity contribution in [1.82, 2.24) is 14.8 Å². The first-order valence-corrected chi connectivity index (χ1v) is 15.2. The molecular formula is C32H42N4O4S. The number of esters is 1. The number of carbonyl (C=O) groups excluding carboxylic acids is 1. The van der Waals surface area contributed by atoms with E-state index >= 15 is 0 Å². The van der Waals surface area contributed by atoms with Gasteiger partial charge in [-0.3, -0.25) is 0 Å². The number of aromatic nitrogens is 3. The van der Waals surface area contributed by atoms with Crippen LogP contribution < -0.4 is 14.8 Å². The van der Waals surface area contributed by atoms with Gasteiger partial charge in [-0.25, -0.2) is 9.48 Å². The zero-order chi connectivity index (χ0) is 29.7. The molecule has 4 rings (SSSR count). The van der Waals surface area contributed by atoms with Gasteiger partial charge in [0.15, 0.2) is 11.5 Å². The molecule has 1 aliphatic heterocycles. The van der Waals surface area contributed by atoms with Gasteiger partial charge in [0.2, 0.25) is 11.1 Å². The number of nitrogens with zero attached hydrogens (tertiary/aromatic N) is 3. The largest absolute Gasteiger partial charge is 0.493 e. The van der Waals surface area contributed by atoms with Crippen LogP contribution in [0.1, 0.15) is 84.0 Å². The Bertz CT molecular complexity index is 1390. The number of ether oxygens (including phenoxy) is 3. The quantitative estimate of drug-likeness (QED) is 0.144. The molecule has 0 bridgehead atoms. The molecule has 0 aliphatic carbocycles. The Morgan fingerprint density at radius 2 is 1.85 bits per heavy atom. The van der Waals surface area contributed by atoms with Crippen LogP contribution in [-0.2, 0) is 21.6 Å². The molecule has 41 heavy (non-hydrogen) atoms. The Kier molecular flexibility index (Phi) is 9.68. The number of allylic oxidation sites excluding steroid dienone is 1. The number of nitrogens with one attached hydrogen (secondary N) is 1. The van der Waals surface area contributed by atoms with E-state index in [1.165, 1.54) is 5.56 Å². The summed E-state index contributed by atoms with van der Waals surface area (Å²) in [7, 11) is 1.62. The van der Waals surface area contributed by atoms with Crippen LogP contribution in [0, 0.1) is 0 Å². The van der Waals surface area contributed by atoms with Gasteiger partial charge >= 0.3 is 5.97 Å². The van der Waals surface area contributed by atoms with Gasteiger partial charge < -0.3 is 19.5 Å². The van der Waals surface area contributed by atoms with Crippen molar-refractivity contribution in [1.29, 1.82) is 0 Å². The van der Waals surface area contributed by atoms with Gasteiger partial charge in [-0.15, -0.1) is 5.10 Å². The van der Waals surface area contributed by atoms with Crippen LogP contribution in [0.4, 0.5) is 5.95 Å². The number of rotatable bonds is 11. The number of thioether (sulfide) groups is 1. The lowest BCUT2D eigenvalue weighted by atomic mass is 9.87. The molecule has 0 saturated carbocycles. The highest BCUT2D eigenvalue weighted by Crippen LogP contribution is 2.40. The number of methoxy groups -OCH3 is 1. The topological polar surface area (TPSA) is 87.5 Å². The smallest absolute Gasteiger partial charge is 0.338 e. The fourth-order valence-electron chi connectivity index (χ4n) is 4.59. The monoisotopic (exact) mass is 578 g/mol. The summed E-state index contributed by atoms with van der Waals surface area (Å²) < 4.78 is 19.4. The van der Waals surface area contributed by atoms with E-state index in [-0.39, 0.29) is 11.5 Å². The zero-order valence-electron chi connectivity index (χ0n) is 25.4. The predicted molar refractivity (Wildman–Crippen MR) is 164 cm³/mol. The third-order valence-electron chi connectivity index (χ3n) is 6.84. The molecule has 0 saturated heterocycles. The summed E-state index contributed by atoms with van der Waals surface area (Å²) in [6, 6.07) is 13.7. The molecule has 0 amide bonds. The molecular weight excluding hydrogens is 536 g/mol. The average Bonchev–Trinajstić information content (AvgIpc) is 3.32. The predicted octanol–water partition coefficient (Wildman–Crippen LogP) is 7.30. The molecule has 220 valence electrons. The van der Waals surface area contributed by atoms with Gasteiger partial charge in [-0.05, 0) is 61.4 Å². The minimum absolute atomic E-state index is 0.0965. The van der Waals surface area contributed by atoms with Crippen LogP contribution in [0.3, 0.4) is 0 Å². The Morgan fingerprint density at radius 3 is 2.49 bits per heavy atom. The molecule has 0 fully saturated rings. The minimum atomic E-state index is -0.543. The fraction of sp³-hybridized carbons (Fsp3) is 0.469. The van der Waals surface area contributed by atoms with E-state index in [0.29, 0.717) is 40.5 Å². The molecule has 0 spiro atoms. The van der Waals surface area contributed by atoms with Gasteiger partial charge in [-0.1, -0.05) is 76.2 Å². The standard InChI is InChI=1S/C32H42N4O4S/c1-9-10-17-41-31-34-30-33-21(4)27(29(37)40-20(2)3)28(36(30)35-31)23-13-16-25(26(18-23)38-8)39-19-22-11-14-24(15-12-22)32(5,6)7/h11-16,18,20,28H,9-10,17,19H2,1-8H3,(H,33,34,35). The third kappa shape index (κ3) is 7.25. The summed E-state index contributed by atoms with van der Waals surface area (Å²) in [5, 5.41) is 8.73. The average molecular weight is 579 g/mol. The lowest BCUT2D eigenvalue weighted by molar-refractivity contribution is -0.143. The molecule has 1 aliphatic rings. The van der Waals surface area contributed by atoms with E-state index in [2.05, 4.69) is 57.3 Å². The van der Waals surface area contributed by atoms with Gasteiger partial charge in [-0.2, -0.15) is 4.98 Å². The van der Waals surface area contributed by atoms with Crippen LogP contribution in [0.5, 0.6) is 11.5 Å². The summed E-state index contributed by atoms with van der Waals surface area (Å²) in [5.41, 5.74) is 4.43. The van der Waals surface area contributed by atoms with Crippen molar-refractivity contribution in [3.8, 4) is 11.5 Å². The van der Waals surface area contributed by atoms with Gasteiger partial charge in [0, 0.05) is 11.4 Å². The molecule has 8 nitrogen and oxygen atoms in total. The number of fused-ring (bicyclic) bond motifs is 1. The van der Waals surface area contributed by atoms with Crippen LogP contribution in [0.25, 0.3) is 0 Å². The Morgan fingerprint density at radius 1 is 1.12 bits per heavy atom. The van der Waals surface area contributed by atoms with Crippen LogP contribution in [-0.4, -0.2) is 39.7 Å². The second kappa shape index (κ2) is 13.0. The Hall–Kier alpha value is -3.46. The highest BCUT2D eigenvalue weighted by Gasteiger charge is 2.36. The highest BCUT2D eigenvalue weighted by atomic mass is 32.2. The van der Waals surface area contributed by atoms with Crippen LogP contribution >= 0.6 is 11.8 Å². The van der Waals surface area contributed by atoms with Crippen LogP contribution in [0.15, 0.2) is 58.9 Å². The summed E-state index contributed by atoms with van der Waals surface area (Å²) in [4.78, 5) is 18.1. The van der Waals surface area contributed by atoms with Crippen molar-refractivity contribution in [3.63, 3.8) is 0 Å². The number of anilines is 1. The number of unbranched alkanes of at least 4 members (excludes halogenated alkanes) is 1. The maximum Gasteiger partial charge on any atom is 0.338 e. The molecule has 1 N–H and O–H groups in total. The summed E-state index contributed by atoms with van der Waals surface area (Å²) in [6.45, 7) is 14.7. The van der Waals surface area contributed by atoms with Gasteiger partial charge in [0.1, 0.15) is 12.6 Å². The first-order chi connectivity index (χ1) is 19.5. The molecule has 3 aromatic rings. The van der Waals surface area contributed by atoms with Crippen LogP contribution in [0.2, 0.25) is 0 Å². The maximum atomic E-state index is 13.4. The number of carbonyl (C=O) groups is 1. The minimum Gasteiger partial charge on any atom is -0.493 e. The van der Waals surface area contributed by atoms with Crippen molar-refractivity contribution in [2.24, 2.45) is 0 Å². The van der Waals surface area contributed by atoms with Crippen molar-refractivity contribution >= 4 is 23.7 Å². The lowest BCUT2D eigenvalue weighted by Crippen LogP contribution is -2.30. The van der Waals surface area contributed by atoms with E-state index < -0.39 is 12.0 Å². The molecule has 2 aromatic carbocycles. The molecule has 9 heteroatoms. The SMILES string of the molecule is CCCCSc1nc2n(n1)C(c1ccc(OCc3ccc(C(C)(C)C)cc3)c(OC)c1)C(C(=O)OC(C)C)=C(C)N2. The van der Waals surface area contributed by atoms with Crippen molar-refractivity contribution < 1.29 is 19.0 Å². The molecule has 2 heterocycles. The second-order valence-electron chi connectivity index (χ2n) is 11.5. The van der Waals surface area contributed by atoms with E-state index in [0.717, 1.165) is 29.7 Å². The second-order valence-corrected chi connectivity index (χ2v) is 12.6. The maximum absolute atomic E-state index is 13.4. The normalized spacial score (nSPS) is 15.0. The molecule has 1 atom stereocenters. The third-order valence-corrected chi connectivity index (χ3v) is 7.77. The van der Waals surface area contributed by atoms with E-state index in [9.17, 15) is 4.79 Å². The summed E-state index contributed by atoms with van der Waals surface area (Å²) >= 11 is 1.61. The number of hydrogen-bond acceptors (Lipinski definition) is 8. The Balaban J connectivity index is 1.65. The molecule has 1 unspecified atom stereocenters. The first kappa shape index (κ1) is 30.5. The highest BCUT2D eigenvalue weighted by molar-refractivity contribution is 7.99. The number of hydrogen-bond donors (Lipinski definition) is 1. The van der Waals surface area contributed by atoms with Crippen molar-refractivity contribution in [3.05, 3.63) is 70.4 Å². The van der Waals surface area contributed by atoms with Gasteiger partial charge in [0.25, 0.3) is 0 Å². The lowest BCUT2D eigenvalue weighted by Gasteiger charge is -2.29. The summed E-state index contributed by atoms with van der Waals surface area (Å²) in [5.74, 6) is 2.31. The molecule has 0 radical (unpaired) electrons. The Labute approximate surface area is 247 Å². The van der Waals surface area contributed by atoms with E-state index in [1.54, 1.807) is 23.6 Å². The van der Waals surface area contributed by atoms with Crippen molar-refractivity contribution in [2.75, 3.05) is 18.2 Å². The fourth-order valence-corrected chi connectivity index (χ4v) is 5.50. The van der Waals surface area contributed by atoms with E-state index in [1.807, 2.05) is 39.0 Å². The summed E-state index contributed by atoms with van der Waals surface area (Å²) in [6.07, 6.45) is 1.92. The first-order valence-electron chi connectivity index (χ1n) is 14.2.